The van der Waals surface area contributed by atoms with Gasteiger partial charge < -0.3 is 15.9 Å². The smallest absolute Gasteiger partial charge is 0.311 e. The first kappa shape index (κ1) is 25.0. The van der Waals surface area contributed by atoms with Crippen molar-refractivity contribution < 1.29 is 14.3 Å². The molecule has 1 aromatic rings. The molecule has 0 aromatic heterocycles. The lowest BCUT2D eigenvalue weighted by molar-refractivity contribution is -0.134. The van der Waals surface area contributed by atoms with E-state index >= 15 is 0 Å². The Bertz CT molecular complexity index is 536. The molecule has 6 nitrogen and oxygen atoms in total. The first-order valence-electron chi connectivity index (χ1n) is 9.55. The van der Waals surface area contributed by atoms with E-state index in [-0.39, 0.29) is 11.1 Å². The highest BCUT2D eigenvalue weighted by Gasteiger charge is 2.04. The fourth-order valence-electron chi connectivity index (χ4n) is 2.38. The van der Waals surface area contributed by atoms with Crippen LogP contribution in [0, 0.1) is 0 Å². The normalized spacial score (nSPS) is 9.70. The van der Waals surface area contributed by atoms with Crippen LogP contribution in [0.2, 0.25) is 0 Å². The van der Waals surface area contributed by atoms with E-state index < -0.39 is 0 Å². The highest BCUT2D eigenvalue weighted by Crippen LogP contribution is 2.14. The number of hydrazine groups is 1. The number of thiocarbonyl (C=S) groups is 1. The first-order chi connectivity index (χ1) is 13.0. The average molecular weight is 396 g/mol. The van der Waals surface area contributed by atoms with E-state index in [0.29, 0.717) is 17.7 Å². The van der Waals surface area contributed by atoms with Crippen molar-refractivity contribution in [2.75, 3.05) is 0 Å². The number of rotatable bonds is 12. The number of hydrogen-bond acceptors (Lipinski definition) is 5. The van der Waals surface area contributed by atoms with Crippen LogP contribution in [0.25, 0.3) is 0 Å². The number of benzene rings is 1. The highest BCUT2D eigenvalue weighted by molar-refractivity contribution is 7.80. The van der Waals surface area contributed by atoms with E-state index in [4.69, 9.17) is 10.5 Å². The standard InChI is InChI=1S/C19H28O3.CH5N3S/c1-2-3-4-5-6-7-8-9-10-11-19(21)22-18-14-12-17(16-20)13-15-18;2-1(5)4-3/h12-16H,2-11H2,1H3;3H2,(H3,2,4,5). The van der Waals surface area contributed by atoms with Crippen LogP contribution < -0.4 is 21.7 Å². The third kappa shape index (κ3) is 15.9. The third-order valence-corrected chi connectivity index (χ3v) is 3.99. The van der Waals surface area contributed by atoms with E-state index in [9.17, 15) is 9.59 Å². The molecule has 0 saturated carbocycles. The molecule has 1 aromatic carbocycles. The largest absolute Gasteiger partial charge is 0.427 e. The Kier molecular flexibility index (Phi) is 16.1. The minimum Gasteiger partial charge on any atom is -0.427 e. The van der Waals surface area contributed by atoms with Gasteiger partial charge in [-0.25, -0.2) is 5.84 Å². The second-order valence-corrected chi connectivity index (χ2v) is 6.69. The van der Waals surface area contributed by atoms with Crippen molar-refractivity contribution in [2.24, 2.45) is 11.6 Å². The monoisotopic (exact) mass is 395 g/mol. The summed E-state index contributed by atoms with van der Waals surface area (Å²) in [4.78, 5) is 22.2. The van der Waals surface area contributed by atoms with Crippen molar-refractivity contribution in [1.82, 2.24) is 5.43 Å². The highest BCUT2D eigenvalue weighted by atomic mass is 32.1. The second-order valence-electron chi connectivity index (χ2n) is 6.25. The van der Waals surface area contributed by atoms with Gasteiger partial charge in [-0.2, -0.15) is 0 Å². The number of carbonyl (C=O) groups excluding carboxylic acids is 2. The van der Waals surface area contributed by atoms with E-state index in [2.05, 4.69) is 25.0 Å². The summed E-state index contributed by atoms with van der Waals surface area (Å²) in [5.41, 5.74) is 7.41. The lowest BCUT2D eigenvalue weighted by Crippen LogP contribution is -2.34. The molecule has 7 heteroatoms. The summed E-state index contributed by atoms with van der Waals surface area (Å²) in [6.45, 7) is 2.23. The summed E-state index contributed by atoms with van der Waals surface area (Å²) < 4.78 is 5.23. The lowest BCUT2D eigenvalue weighted by atomic mass is 10.1. The Morgan fingerprint density at radius 2 is 1.52 bits per heavy atom. The molecule has 0 fully saturated rings. The molecule has 0 unspecified atom stereocenters. The maximum absolute atomic E-state index is 11.7. The molecular formula is C20H33N3O3S. The number of nitrogens with one attached hydrogen (secondary N) is 1. The van der Waals surface area contributed by atoms with Crippen LogP contribution in [0.5, 0.6) is 5.75 Å². The average Bonchev–Trinajstić information content (AvgIpc) is 2.67. The molecule has 0 aliphatic carbocycles. The van der Waals surface area contributed by atoms with Crippen molar-refractivity contribution in [1.29, 1.82) is 0 Å². The zero-order valence-corrected chi connectivity index (χ0v) is 17.1. The number of aldehydes is 1. The zero-order chi connectivity index (χ0) is 20.3. The van der Waals surface area contributed by atoms with Crippen LogP contribution in [0.3, 0.4) is 0 Å². The second kappa shape index (κ2) is 17.4. The zero-order valence-electron chi connectivity index (χ0n) is 16.2. The Hall–Kier alpha value is -1.99. The molecule has 0 atom stereocenters. The topological polar surface area (TPSA) is 107 Å². The Balaban J connectivity index is 0.00000119. The van der Waals surface area contributed by atoms with Crippen LogP contribution in [-0.2, 0) is 4.79 Å². The molecule has 1 rings (SSSR count). The van der Waals surface area contributed by atoms with Gasteiger partial charge in [-0.1, -0.05) is 58.3 Å². The van der Waals surface area contributed by atoms with Gasteiger partial charge in [0.25, 0.3) is 0 Å². The number of esters is 1. The van der Waals surface area contributed by atoms with Gasteiger partial charge in [-0.15, -0.1) is 0 Å². The van der Waals surface area contributed by atoms with Gasteiger partial charge in [-0.3, -0.25) is 9.59 Å². The predicted molar refractivity (Wildman–Crippen MR) is 113 cm³/mol. The van der Waals surface area contributed by atoms with Crippen molar-refractivity contribution in [3.63, 3.8) is 0 Å². The molecular weight excluding hydrogens is 362 g/mol. The number of carbonyl (C=O) groups is 2. The molecule has 0 saturated heterocycles. The Morgan fingerprint density at radius 3 is 1.96 bits per heavy atom. The van der Waals surface area contributed by atoms with E-state index in [1.807, 2.05) is 5.43 Å². The summed E-state index contributed by atoms with van der Waals surface area (Å²) in [6, 6.07) is 6.60. The summed E-state index contributed by atoms with van der Waals surface area (Å²) >= 11 is 4.24. The summed E-state index contributed by atoms with van der Waals surface area (Å²) in [7, 11) is 0. The molecule has 0 aliphatic heterocycles. The first-order valence-corrected chi connectivity index (χ1v) is 9.96. The Morgan fingerprint density at radius 1 is 1.04 bits per heavy atom. The van der Waals surface area contributed by atoms with Crippen molar-refractivity contribution in [3.8, 4) is 5.75 Å². The van der Waals surface area contributed by atoms with Gasteiger partial charge >= 0.3 is 5.97 Å². The van der Waals surface area contributed by atoms with Crippen LogP contribution in [0.1, 0.15) is 81.5 Å². The van der Waals surface area contributed by atoms with Gasteiger partial charge in [0.05, 0.1) is 0 Å². The maximum Gasteiger partial charge on any atom is 0.311 e. The fourth-order valence-corrected chi connectivity index (χ4v) is 2.38. The van der Waals surface area contributed by atoms with E-state index in [1.54, 1.807) is 24.3 Å². The summed E-state index contributed by atoms with van der Waals surface area (Å²) in [6.07, 6.45) is 12.3. The van der Waals surface area contributed by atoms with Crippen molar-refractivity contribution in [3.05, 3.63) is 29.8 Å². The number of nitrogens with two attached hydrogens (primary N) is 2. The quantitative estimate of drug-likeness (QED) is 0.0933. The van der Waals surface area contributed by atoms with Gasteiger partial charge in [0, 0.05) is 12.0 Å². The van der Waals surface area contributed by atoms with Gasteiger partial charge in [0.1, 0.15) is 12.0 Å². The summed E-state index contributed by atoms with van der Waals surface area (Å²) in [5.74, 6) is 4.97. The third-order valence-electron chi connectivity index (χ3n) is 3.87. The van der Waals surface area contributed by atoms with E-state index in [1.165, 1.54) is 44.9 Å². The lowest BCUT2D eigenvalue weighted by Gasteiger charge is -2.04. The minimum atomic E-state index is -0.193. The molecule has 27 heavy (non-hydrogen) atoms. The van der Waals surface area contributed by atoms with Crippen LogP contribution in [0.15, 0.2) is 24.3 Å². The number of unbranched alkanes of at least 4 members (excludes halogenated alkanes) is 8. The van der Waals surface area contributed by atoms with Crippen molar-refractivity contribution >= 4 is 29.6 Å². The number of ether oxygens (including phenoxy) is 1. The minimum absolute atomic E-state index is 0.116. The SMILES string of the molecule is CCCCCCCCCCCC(=O)Oc1ccc(C=O)cc1.NNC(N)=S. The van der Waals surface area contributed by atoms with Gasteiger partial charge in [-0.05, 0) is 42.9 Å². The molecule has 0 radical (unpaired) electrons. The number of hydrogen-bond donors (Lipinski definition) is 3. The van der Waals surface area contributed by atoms with Crippen molar-refractivity contribution in [2.45, 2.75) is 71.1 Å². The van der Waals surface area contributed by atoms with Crippen LogP contribution in [-0.4, -0.2) is 17.4 Å². The van der Waals surface area contributed by atoms with Crippen LogP contribution in [0.4, 0.5) is 0 Å². The van der Waals surface area contributed by atoms with Crippen LogP contribution >= 0.6 is 12.2 Å². The molecule has 0 heterocycles. The molecule has 0 amide bonds. The van der Waals surface area contributed by atoms with Gasteiger partial charge in [0.15, 0.2) is 5.11 Å². The summed E-state index contributed by atoms with van der Waals surface area (Å²) in [5, 5.41) is 0.116. The van der Waals surface area contributed by atoms with E-state index in [0.717, 1.165) is 19.1 Å². The Labute approximate surface area is 168 Å². The molecule has 0 spiro atoms. The predicted octanol–water partition coefficient (Wildman–Crippen LogP) is 4.02. The molecule has 0 bridgehead atoms. The molecule has 5 N–H and O–H groups in total. The fraction of sp³-hybridized carbons (Fsp3) is 0.550. The molecule has 0 aliphatic rings. The maximum atomic E-state index is 11.7. The molecule has 152 valence electrons. The van der Waals surface area contributed by atoms with Gasteiger partial charge in [0.2, 0.25) is 0 Å².